The fraction of sp³-hybridized carbons (Fsp3) is 0.200. The van der Waals surface area contributed by atoms with Gasteiger partial charge in [0.05, 0.1) is 12.1 Å². The average molecular weight is 378 g/mol. The molecule has 2 heterocycles. The first-order valence-electron chi connectivity index (χ1n) is 8.86. The Bertz CT molecular complexity index is 1160. The molecule has 8 heteroatoms. The molecule has 1 unspecified atom stereocenters. The summed E-state index contributed by atoms with van der Waals surface area (Å²) >= 11 is 0. The molecule has 142 valence electrons. The van der Waals surface area contributed by atoms with Crippen molar-refractivity contribution in [2.75, 3.05) is 6.54 Å². The van der Waals surface area contributed by atoms with Crippen molar-refractivity contribution in [1.29, 1.82) is 0 Å². The van der Waals surface area contributed by atoms with Crippen molar-refractivity contribution in [3.05, 3.63) is 82.4 Å². The Hall–Kier alpha value is -3.68. The van der Waals surface area contributed by atoms with Crippen molar-refractivity contribution in [2.24, 2.45) is 0 Å². The van der Waals surface area contributed by atoms with Gasteiger partial charge in [-0.15, -0.1) is 0 Å². The summed E-state index contributed by atoms with van der Waals surface area (Å²) in [6.07, 6.45) is 0. The summed E-state index contributed by atoms with van der Waals surface area (Å²) in [7, 11) is 0. The van der Waals surface area contributed by atoms with Crippen LogP contribution in [0.5, 0.6) is 0 Å². The van der Waals surface area contributed by atoms with E-state index in [9.17, 15) is 9.59 Å². The van der Waals surface area contributed by atoms with Crippen LogP contribution < -0.4 is 11.1 Å². The highest BCUT2D eigenvalue weighted by atomic mass is 16.5. The maximum atomic E-state index is 12.3. The monoisotopic (exact) mass is 378 g/mol. The van der Waals surface area contributed by atoms with Crippen LogP contribution in [0.2, 0.25) is 0 Å². The van der Waals surface area contributed by atoms with Crippen LogP contribution in [0.3, 0.4) is 0 Å². The Morgan fingerprint density at radius 2 is 1.89 bits per heavy atom. The summed E-state index contributed by atoms with van der Waals surface area (Å²) in [4.78, 5) is 28.4. The van der Waals surface area contributed by atoms with Crippen LogP contribution in [0.4, 0.5) is 0 Å². The van der Waals surface area contributed by atoms with E-state index in [-0.39, 0.29) is 24.2 Å². The lowest BCUT2D eigenvalue weighted by molar-refractivity contribution is 0.0907. The van der Waals surface area contributed by atoms with Crippen molar-refractivity contribution < 1.29 is 13.7 Å². The fourth-order valence-corrected chi connectivity index (χ4v) is 2.94. The summed E-state index contributed by atoms with van der Waals surface area (Å²) in [6.45, 7) is 2.50. The summed E-state index contributed by atoms with van der Waals surface area (Å²) < 4.78 is 11.6. The zero-order chi connectivity index (χ0) is 19.5. The van der Waals surface area contributed by atoms with E-state index in [0.717, 1.165) is 5.56 Å². The molecule has 0 aliphatic heterocycles. The van der Waals surface area contributed by atoms with Gasteiger partial charge in [-0.1, -0.05) is 54.5 Å². The Labute approximate surface area is 159 Å². The van der Waals surface area contributed by atoms with Crippen molar-refractivity contribution in [3.8, 4) is 0 Å². The van der Waals surface area contributed by atoms with E-state index in [2.05, 4.69) is 15.5 Å². The summed E-state index contributed by atoms with van der Waals surface area (Å²) in [5.74, 6) is -0.756. The largest absolute Gasteiger partial charge is 0.420 e. The molecule has 0 radical (unpaired) electrons. The summed E-state index contributed by atoms with van der Waals surface area (Å²) in [6, 6.07) is 16.9. The second kappa shape index (κ2) is 7.51. The number of rotatable bonds is 6. The molecule has 1 atom stereocenters. The molecule has 4 rings (SSSR count). The first-order valence-corrected chi connectivity index (χ1v) is 8.86. The lowest BCUT2D eigenvalue weighted by atomic mass is 10.0. The number of oxazole rings is 1. The topological polar surface area (TPSA) is 103 Å². The van der Waals surface area contributed by atoms with E-state index in [0.29, 0.717) is 17.6 Å². The molecule has 0 saturated carbocycles. The quantitative estimate of drug-likeness (QED) is 0.553. The van der Waals surface area contributed by atoms with Crippen LogP contribution in [0.25, 0.3) is 11.1 Å². The predicted molar refractivity (Wildman–Crippen MR) is 101 cm³/mol. The number of hydrogen-bond acceptors (Lipinski definition) is 6. The molecule has 1 N–H and O–H groups in total. The zero-order valence-corrected chi connectivity index (χ0v) is 15.2. The molecule has 4 aromatic rings. The number of benzene rings is 2. The van der Waals surface area contributed by atoms with Gasteiger partial charge in [-0.2, -0.15) is 4.98 Å². The van der Waals surface area contributed by atoms with Gasteiger partial charge in [0.15, 0.2) is 11.4 Å². The Morgan fingerprint density at radius 1 is 1.14 bits per heavy atom. The van der Waals surface area contributed by atoms with Crippen LogP contribution in [-0.4, -0.2) is 27.2 Å². The second-order valence-electron chi connectivity index (χ2n) is 6.46. The van der Waals surface area contributed by atoms with Crippen LogP contribution in [0, 0.1) is 0 Å². The highest BCUT2D eigenvalue weighted by Crippen LogP contribution is 2.14. The van der Waals surface area contributed by atoms with Crippen molar-refractivity contribution >= 4 is 17.0 Å². The standard InChI is InChI=1S/C20H18N4O4/c1-13(14-7-3-2-4-8-14)11-21-18(25)19-22-17(23-28-19)12-24-15-9-5-6-10-16(15)27-20(24)26/h2-10,13H,11-12H2,1H3,(H,21,25). The maximum Gasteiger partial charge on any atom is 0.420 e. The van der Waals surface area contributed by atoms with Gasteiger partial charge in [-0.25, -0.2) is 4.79 Å². The first kappa shape index (κ1) is 17.7. The molecule has 2 aromatic heterocycles. The summed E-state index contributed by atoms with van der Waals surface area (Å²) in [5, 5.41) is 6.59. The third kappa shape index (κ3) is 3.57. The van der Waals surface area contributed by atoms with Crippen molar-refractivity contribution in [2.45, 2.75) is 19.4 Å². The van der Waals surface area contributed by atoms with Crippen molar-refractivity contribution in [3.63, 3.8) is 0 Å². The van der Waals surface area contributed by atoms with Gasteiger partial charge in [0, 0.05) is 6.54 Å². The van der Waals surface area contributed by atoms with Gasteiger partial charge in [0.2, 0.25) is 0 Å². The molecular formula is C20H18N4O4. The van der Waals surface area contributed by atoms with Gasteiger partial charge in [-0.05, 0) is 23.6 Å². The number of fused-ring (bicyclic) bond motifs is 1. The fourth-order valence-electron chi connectivity index (χ4n) is 2.94. The van der Waals surface area contributed by atoms with Gasteiger partial charge in [-0.3, -0.25) is 9.36 Å². The predicted octanol–water partition coefficient (Wildman–Crippen LogP) is 2.56. The van der Waals surface area contributed by atoms with Crippen LogP contribution in [0.15, 0.2) is 68.3 Å². The lowest BCUT2D eigenvalue weighted by Crippen LogP contribution is -2.27. The zero-order valence-electron chi connectivity index (χ0n) is 15.2. The Kier molecular flexibility index (Phi) is 4.76. The molecule has 28 heavy (non-hydrogen) atoms. The van der Waals surface area contributed by atoms with Gasteiger partial charge >= 0.3 is 17.6 Å². The minimum Gasteiger partial charge on any atom is -0.408 e. The molecular weight excluding hydrogens is 360 g/mol. The van der Waals surface area contributed by atoms with E-state index in [4.69, 9.17) is 8.94 Å². The normalized spacial score (nSPS) is 12.2. The van der Waals surface area contributed by atoms with Gasteiger partial charge in [0.25, 0.3) is 0 Å². The number of carbonyl (C=O) groups excluding carboxylic acids is 1. The molecule has 0 bridgehead atoms. The number of carbonyl (C=O) groups is 1. The maximum absolute atomic E-state index is 12.3. The lowest BCUT2D eigenvalue weighted by Gasteiger charge is -2.11. The highest BCUT2D eigenvalue weighted by molar-refractivity contribution is 5.89. The minimum absolute atomic E-state index is 0.0487. The molecule has 0 fully saturated rings. The number of aromatic nitrogens is 3. The third-order valence-electron chi connectivity index (χ3n) is 4.47. The number of para-hydroxylation sites is 2. The molecule has 1 amide bonds. The Morgan fingerprint density at radius 3 is 2.71 bits per heavy atom. The molecule has 2 aromatic carbocycles. The molecule has 0 spiro atoms. The number of nitrogens with zero attached hydrogens (tertiary/aromatic N) is 3. The van der Waals surface area contributed by atoms with Crippen molar-refractivity contribution in [1.82, 2.24) is 20.0 Å². The number of amides is 1. The van der Waals surface area contributed by atoms with Gasteiger partial charge in [0.1, 0.15) is 0 Å². The van der Waals surface area contributed by atoms with E-state index >= 15 is 0 Å². The first-order chi connectivity index (χ1) is 13.6. The van der Waals surface area contributed by atoms with E-state index in [1.165, 1.54) is 4.57 Å². The van der Waals surface area contributed by atoms with E-state index in [1.807, 2.05) is 37.3 Å². The number of nitrogens with one attached hydrogen (secondary N) is 1. The average Bonchev–Trinajstić information content (AvgIpc) is 3.32. The molecule has 8 nitrogen and oxygen atoms in total. The van der Waals surface area contributed by atoms with Crippen LogP contribution in [0.1, 0.15) is 34.9 Å². The molecule has 0 saturated heterocycles. The smallest absolute Gasteiger partial charge is 0.408 e. The van der Waals surface area contributed by atoms with E-state index in [1.54, 1.807) is 24.3 Å². The third-order valence-corrected chi connectivity index (χ3v) is 4.47. The minimum atomic E-state index is -0.520. The second-order valence-corrected chi connectivity index (χ2v) is 6.46. The SMILES string of the molecule is CC(CNC(=O)c1nc(Cn2c(=O)oc3ccccc32)no1)c1ccccc1. The molecule has 0 aliphatic carbocycles. The van der Waals surface area contributed by atoms with E-state index < -0.39 is 11.7 Å². The highest BCUT2D eigenvalue weighted by Gasteiger charge is 2.18. The van der Waals surface area contributed by atoms with Gasteiger partial charge < -0.3 is 14.3 Å². The van der Waals surface area contributed by atoms with Crippen LogP contribution in [-0.2, 0) is 6.54 Å². The van der Waals surface area contributed by atoms with Crippen LogP contribution >= 0.6 is 0 Å². The Balaban J connectivity index is 1.43. The summed E-state index contributed by atoms with van der Waals surface area (Å²) in [5.41, 5.74) is 2.23. The molecule has 0 aliphatic rings. The number of hydrogen-bond donors (Lipinski definition) is 1.